The highest BCUT2D eigenvalue weighted by atomic mass is 35.5. The fraction of sp³-hybridized carbons (Fsp3) is 0.182. The zero-order valence-corrected chi connectivity index (χ0v) is 17.1. The molecule has 0 saturated carbocycles. The van der Waals surface area contributed by atoms with E-state index < -0.39 is 0 Å². The Morgan fingerprint density at radius 3 is 2.63 bits per heavy atom. The Labute approximate surface area is 178 Å². The van der Waals surface area contributed by atoms with Crippen molar-refractivity contribution < 1.29 is 9.90 Å². The van der Waals surface area contributed by atoms with Crippen LogP contribution in [0.5, 0.6) is 5.88 Å². The molecular weight excluding hydrogens is 402 g/mol. The Morgan fingerprint density at radius 1 is 1.17 bits per heavy atom. The second kappa shape index (κ2) is 8.51. The number of amides is 1. The number of fused-ring (bicyclic) bond motifs is 1. The number of hydrogen-bond donors (Lipinski definition) is 2. The summed E-state index contributed by atoms with van der Waals surface area (Å²) in [6, 6.07) is 13.1. The number of carbonyl (C=O) groups is 1. The molecule has 30 heavy (non-hydrogen) atoms. The van der Waals surface area contributed by atoms with Gasteiger partial charge in [0.1, 0.15) is 0 Å². The lowest BCUT2D eigenvalue weighted by atomic mass is 10.0. The van der Waals surface area contributed by atoms with E-state index in [1.54, 1.807) is 24.6 Å². The third kappa shape index (κ3) is 3.97. The summed E-state index contributed by atoms with van der Waals surface area (Å²) in [4.78, 5) is 11.3. The zero-order chi connectivity index (χ0) is 21.1. The first-order valence-electron chi connectivity index (χ1n) is 9.59. The van der Waals surface area contributed by atoms with Crippen LogP contribution in [-0.2, 0) is 11.3 Å². The fourth-order valence-electron chi connectivity index (χ4n) is 3.41. The highest BCUT2D eigenvalue weighted by Crippen LogP contribution is 2.31. The Balaban J connectivity index is 1.65. The van der Waals surface area contributed by atoms with Gasteiger partial charge >= 0.3 is 0 Å². The molecule has 2 N–H and O–H groups in total. The van der Waals surface area contributed by atoms with E-state index >= 15 is 0 Å². The summed E-state index contributed by atoms with van der Waals surface area (Å²) < 4.78 is 1.81. The normalized spacial score (nSPS) is 14.6. The molecule has 0 atom stereocenters. The van der Waals surface area contributed by atoms with Crippen LogP contribution in [0.4, 0.5) is 0 Å². The largest absolute Gasteiger partial charge is 0.494 e. The van der Waals surface area contributed by atoms with Crippen molar-refractivity contribution in [3.63, 3.8) is 0 Å². The highest BCUT2D eigenvalue weighted by Gasteiger charge is 2.18. The van der Waals surface area contributed by atoms with E-state index in [4.69, 9.17) is 11.6 Å². The van der Waals surface area contributed by atoms with Crippen LogP contribution in [0, 0.1) is 0 Å². The van der Waals surface area contributed by atoms with Crippen LogP contribution in [0.3, 0.4) is 0 Å². The summed E-state index contributed by atoms with van der Waals surface area (Å²) >= 11 is 5.88. The van der Waals surface area contributed by atoms with Crippen molar-refractivity contribution in [2.24, 2.45) is 15.3 Å². The summed E-state index contributed by atoms with van der Waals surface area (Å²) in [7, 11) is 0. The van der Waals surface area contributed by atoms with Gasteiger partial charge in [0.2, 0.25) is 11.8 Å². The van der Waals surface area contributed by atoms with Crippen LogP contribution >= 0.6 is 11.6 Å². The Morgan fingerprint density at radius 2 is 1.93 bits per heavy atom. The monoisotopic (exact) mass is 421 g/mol. The van der Waals surface area contributed by atoms with Gasteiger partial charge in [-0.25, -0.2) is 5.43 Å². The molecule has 0 spiro atoms. The van der Waals surface area contributed by atoms with Crippen LogP contribution in [0.25, 0.3) is 10.9 Å². The van der Waals surface area contributed by atoms with Crippen LogP contribution in [0.15, 0.2) is 57.8 Å². The molecular formula is C22H20ClN5O2. The van der Waals surface area contributed by atoms with Crippen LogP contribution in [0.1, 0.15) is 36.5 Å². The van der Waals surface area contributed by atoms with E-state index in [9.17, 15) is 9.90 Å². The number of aromatic nitrogens is 1. The molecule has 2 aromatic carbocycles. The van der Waals surface area contributed by atoms with E-state index in [-0.39, 0.29) is 11.8 Å². The average Bonchev–Trinajstić information content (AvgIpc) is 3.03. The minimum Gasteiger partial charge on any atom is -0.494 e. The number of rotatable bonds is 5. The molecule has 0 radical (unpaired) electrons. The summed E-state index contributed by atoms with van der Waals surface area (Å²) in [5, 5.41) is 24.6. The quantitative estimate of drug-likeness (QED) is 0.479. The van der Waals surface area contributed by atoms with Gasteiger partial charge in [0, 0.05) is 29.8 Å². The van der Waals surface area contributed by atoms with Crippen molar-refractivity contribution >= 4 is 46.6 Å². The molecule has 1 aliphatic heterocycles. The number of benzene rings is 2. The van der Waals surface area contributed by atoms with Crippen LogP contribution < -0.4 is 5.43 Å². The van der Waals surface area contributed by atoms with Gasteiger partial charge in [0.25, 0.3) is 0 Å². The number of nitrogens with one attached hydrogen (secondary N) is 1. The Kier molecular flexibility index (Phi) is 5.63. The van der Waals surface area contributed by atoms with Gasteiger partial charge in [-0.05, 0) is 36.2 Å². The number of halogens is 1. The van der Waals surface area contributed by atoms with Crippen LogP contribution in [0.2, 0.25) is 5.02 Å². The van der Waals surface area contributed by atoms with Crippen molar-refractivity contribution in [1.82, 2.24) is 9.99 Å². The third-order valence-corrected chi connectivity index (χ3v) is 5.21. The lowest BCUT2D eigenvalue weighted by Gasteiger charge is -2.12. The van der Waals surface area contributed by atoms with E-state index in [1.807, 2.05) is 41.8 Å². The Bertz CT molecular complexity index is 1190. The molecule has 152 valence electrons. The van der Waals surface area contributed by atoms with Gasteiger partial charge in [0.05, 0.1) is 29.2 Å². The van der Waals surface area contributed by atoms with Gasteiger partial charge in [0.15, 0.2) is 0 Å². The standard InChI is InChI=1S/C22H20ClN5O2/c1-2-28-20-11-15(19-9-10-21(29)27-26-19)5-8-17(20)18(22(28)30)13-25-24-12-14-3-6-16(23)7-4-14/h3-8,11-13,30H,2,9-10H2,1H3,(H,27,29)/b24-12-,25-13?. The summed E-state index contributed by atoms with van der Waals surface area (Å²) in [5.41, 5.74) is 6.61. The predicted molar refractivity (Wildman–Crippen MR) is 120 cm³/mol. The minimum absolute atomic E-state index is 0.0768. The van der Waals surface area contributed by atoms with Gasteiger partial charge < -0.3 is 9.67 Å². The molecule has 0 fully saturated rings. The maximum Gasteiger partial charge on any atom is 0.240 e. The highest BCUT2D eigenvalue weighted by molar-refractivity contribution is 6.30. The van der Waals surface area contributed by atoms with Crippen molar-refractivity contribution in [1.29, 1.82) is 0 Å². The predicted octanol–water partition coefficient (Wildman–Crippen LogP) is 4.09. The number of hydrogen-bond acceptors (Lipinski definition) is 5. The van der Waals surface area contributed by atoms with E-state index in [2.05, 4.69) is 20.7 Å². The zero-order valence-electron chi connectivity index (χ0n) is 16.3. The maximum atomic E-state index is 11.3. The molecule has 0 saturated heterocycles. The topological polar surface area (TPSA) is 91.3 Å². The second-order valence-electron chi connectivity index (χ2n) is 6.85. The molecule has 1 aromatic heterocycles. The molecule has 0 aliphatic carbocycles. The molecule has 0 unspecified atom stereocenters. The van der Waals surface area contributed by atoms with Crippen molar-refractivity contribution in [3.8, 4) is 5.88 Å². The molecule has 1 aliphatic rings. The first-order valence-corrected chi connectivity index (χ1v) is 9.97. The summed E-state index contributed by atoms with van der Waals surface area (Å²) in [6.07, 6.45) is 4.18. The van der Waals surface area contributed by atoms with E-state index in [0.29, 0.717) is 30.0 Å². The first-order chi connectivity index (χ1) is 14.6. The molecule has 3 aromatic rings. The SMILES string of the molecule is CCn1c(O)c(C=N/N=C\c2ccc(Cl)cc2)c2ccc(C3=NNC(=O)CC3)cc21. The maximum absolute atomic E-state index is 11.3. The average molecular weight is 422 g/mol. The minimum atomic E-state index is -0.0768. The molecule has 0 bridgehead atoms. The molecule has 7 nitrogen and oxygen atoms in total. The number of aryl methyl sites for hydroxylation is 1. The van der Waals surface area contributed by atoms with Gasteiger partial charge in [-0.15, -0.1) is 0 Å². The van der Waals surface area contributed by atoms with E-state index in [1.165, 1.54) is 0 Å². The lowest BCUT2D eigenvalue weighted by molar-refractivity contribution is -0.121. The molecule has 4 rings (SSSR count). The van der Waals surface area contributed by atoms with Crippen LogP contribution in [-0.4, -0.2) is 33.7 Å². The molecule has 2 heterocycles. The van der Waals surface area contributed by atoms with Gasteiger partial charge in [-0.1, -0.05) is 35.9 Å². The van der Waals surface area contributed by atoms with E-state index in [0.717, 1.165) is 27.7 Å². The van der Waals surface area contributed by atoms with Gasteiger partial charge in [-0.3, -0.25) is 4.79 Å². The summed E-state index contributed by atoms with van der Waals surface area (Å²) in [5.74, 6) is 0.0565. The second-order valence-corrected chi connectivity index (χ2v) is 7.28. The number of hydrazone groups is 1. The molecule has 1 amide bonds. The lowest BCUT2D eigenvalue weighted by Crippen LogP contribution is -2.25. The van der Waals surface area contributed by atoms with Crippen molar-refractivity contribution in [3.05, 3.63) is 64.2 Å². The van der Waals surface area contributed by atoms with Gasteiger partial charge in [-0.2, -0.15) is 15.3 Å². The Hall–Kier alpha value is -3.45. The number of aromatic hydroxyl groups is 1. The first kappa shape index (κ1) is 19.8. The summed E-state index contributed by atoms with van der Waals surface area (Å²) in [6.45, 7) is 2.56. The molecule has 8 heteroatoms. The number of nitrogens with zero attached hydrogens (tertiary/aromatic N) is 4. The number of carbonyl (C=O) groups excluding carboxylic acids is 1. The third-order valence-electron chi connectivity index (χ3n) is 4.96. The van der Waals surface area contributed by atoms with Crippen molar-refractivity contribution in [2.45, 2.75) is 26.3 Å². The van der Waals surface area contributed by atoms with Crippen molar-refractivity contribution in [2.75, 3.05) is 0 Å². The smallest absolute Gasteiger partial charge is 0.240 e. The fourth-order valence-corrected chi connectivity index (χ4v) is 3.54.